The monoisotopic (exact) mass is 329 g/mol. The van der Waals surface area contributed by atoms with Gasteiger partial charge in [0.2, 0.25) is 5.70 Å². The van der Waals surface area contributed by atoms with E-state index in [1.54, 1.807) is 0 Å². The van der Waals surface area contributed by atoms with Crippen LogP contribution in [0.2, 0.25) is 0 Å². The summed E-state index contributed by atoms with van der Waals surface area (Å²) in [6, 6.07) is 19.2. The summed E-state index contributed by atoms with van der Waals surface area (Å²) in [7, 11) is 6.25. The highest BCUT2D eigenvalue weighted by Gasteiger charge is 2.17. The molecule has 25 heavy (non-hydrogen) atoms. The molecule has 0 aromatic heterocycles. The number of nitrogens with zero attached hydrogens (tertiary/aromatic N) is 2. The maximum Gasteiger partial charge on any atom is 0.219 e. The summed E-state index contributed by atoms with van der Waals surface area (Å²) in [6.07, 6.45) is 12.0. The fraction of sp³-hybridized carbons (Fsp3) is 0.174. The molecule has 2 aromatic carbocycles. The second kappa shape index (κ2) is 7.80. The second-order valence-electron chi connectivity index (χ2n) is 6.44. The van der Waals surface area contributed by atoms with Gasteiger partial charge in [0.25, 0.3) is 0 Å². The summed E-state index contributed by atoms with van der Waals surface area (Å²) < 4.78 is 2.22. The van der Waals surface area contributed by atoms with Crippen molar-refractivity contribution < 1.29 is 4.58 Å². The molecule has 3 rings (SSSR count). The highest BCUT2D eigenvalue weighted by molar-refractivity contribution is 5.79. The summed E-state index contributed by atoms with van der Waals surface area (Å²) >= 11 is 0. The zero-order chi connectivity index (χ0) is 17.6. The van der Waals surface area contributed by atoms with Crippen LogP contribution in [0.3, 0.4) is 0 Å². The molecular formula is C23H25N2+. The van der Waals surface area contributed by atoms with E-state index in [1.807, 2.05) is 6.07 Å². The van der Waals surface area contributed by atoms with Crippen molar-refractivity contribution in [3.05, 3.63) is 95.6 Å². The van der Waals surface area contributed by atoms with E-state index in [-0.39, 0.29) is 0 Å². The molecule has 0 fully saturated rings. The van der Waals surface area contributed by atoms with E-state index >= 15 is 0 Å². The Hall–Kier alpha value is -2.87. The van der Waals surface area contributed by atoms with Crippen molar-refractivity contribution >= 4 is 17.6 Å². The van der Waals surface area contributed by atoms with Gasteiger partial charge in [-0.2, -0.15) is 4.58 Å². The molecule has 1 aliphatic rings. The predicted molar refractivity (Wildman–Crippen MR) is 108 cm³/mol. The Kier molecular flexibility index (Phi) is 5.30. The van der Waals surface area contributed by atoms with E-state index in [0.717, 1.165) is 6.42 Å². The molecule has 0 N–H and O–H groups in total. The lowest BCUT2D eigenvalue weighted by atomic mass is 10.0. The molecule has 0 atom stereocenters. The van der Waals surface area contributed by atoms with Crippen molar-refractivity contribution in [2.24, 2.45) is 0 Å². The number of anilines is 1. The summed E-state index contributed by atoms with van der Waals surface area (Å²) in [5.74, 6) is 0. The molecule has 0 heterocycles. The van der Waals surface area contributed by atoms with Gasteiger partial charge in [-0.05, 0) is 42.8 Å². The first-order chi connectivity index (χ1) is 12.1. The van der Waals surface area contributed by atoms with Crippen molar-refractivity contribution in [2.75, 3.05) is 26.0 Å². The van der Waals surface area contributed by atoms with Crippen molar-refractivity contribution in [1.82, 2.24) is 0 Å². The molecule has 0 bridgehead atoms. The van der Waals surface area contributed by atoms with E-state index in [0.29, 0.717) is 0 Å². The van der Waals surface area contributed by atoms with Gasteiger partial charge >= 0.3 is 0 Å². The minimum atomic E-state index is 1.00. The Morgan fingerprint density at radius 1 is 0.920 bits per heavy atom. The van der Waals surface area contributed by atoms with E-state index in [2.05, 4.69) is 110 Å². The van der Waals surface area contributed by atoms with Crippen LogP contribution in [0.25, 0.3) is 5.70 Å². The van der Waals surface area contributed by atoms with Crippen LogP contribution in [0.4, 0.5) is 5.69 Å². The Morgan fingerprint density at radius 2 is 1.56 bits per heavy atom. The van der Waals surface area contributed by atoms with Crippen molar-refractivity contribution in [2.45, 2.75) is 6.42 Å². The fourth-order valence-electron chi connectivity index (χ4n) is 3.00. The quantitative estimate of drug-likeness (QED) is 0.580. The van der Waals surface area contributed by atoms with Crippen molar-refractivity contribution in [1.29, 1.82) is 0 Å². The van der Waals surface area contributed by atoms with Crippen LogP contribution in [0.1, 0.15) is 17.5 Å². The van der Waals surface area contributed by atoms with Crippen LogP contribution in [-0.2, 0) is 0 Å². The van der Waals surface area contributed by atoms with E-state index in [4.69, 9.17) is 0 Å². The minimum absolute atomic E-state index is 1.00. The average Bonchev–Trinajstić information content (AvgIpc) is 2.64. The lowest BCUT2D eigenvalue weighted by Gasteiger charge is -2.13. The third-order valence-corrected chi connectivity index (χ3v) is 4.29. The molecule has 126 valence electrons. The fourth-order valence-corrected chi connectivity index (χ4v) is 3.00. The standard InChI is InChI=1S/C23H25N2/c1-24(2)22-16-14-21(15-17-22)23(20-12-8-5-9-13-20)25(3)18-19-10-6-4-7-11-19/h4,6-18H,5H2,1-3H3/q+1. The average molecular weight is 329 g/mol. The van der Waals surface area contributed by atoms with Gasteiger partial charge in [0, 0.05) is 36.5 Å². The molecule has 2 nitrogen and oxygen atoms in total. The summed E-state index contributed by atoms with van der Waals surface area (Å²) in [5.41, 5.74) is 6.06. The van der Waals surface area contributed by atoms with Crippen LogP contribution < -0.4 is 4.90 Å². The molecule has 0 radical (unpaired) electrons. The lowest BCUT2D eigenvalue weighted by Crippen LogP contribution is -2.11. The van der Waals surface area contributed by atoms with E-state index in [9.17, 15) is 0 Å². The lowest BCUT2D eigenvalue weighted by molar-refractivity contribution is -0.390. The first kappa shape index (κ1) is 17.0. The number of rotatable bonds is 4. The maximum absolute atomic E-state index is 2.22. The Morgan fingerprint density at radius 3 is 2.16 bits per heavy atom. The normalized spacial score (nSPS) is 13.9. The van der Waals surface area contributed by atoms with Crippen LogP contribution in [-0.4, -0.2) is 31.9 Å². The van der Waals surface area contributed by atoms with Gasteiger partial charge in [0.15, 0.2) is 6.21 Å². The van der Waals surface area contributed by atoms with Gasteiger partial charge in [-0.15, -0.1) is 0 Å². The topological polar surface area (TPSA) is 6.25 Å². The SMILES string of the molecule is CN(C)c1ccc(C(=C2C=CCC=C2)[N+](C)=Cc2ccccc2)cc1. The van der Waals surface area contributed by atoms with Crippen LogP contribution in [0.5, 0.6) is 0 Å². The Balaban J connectivity index is 2.08. The second-order valence-corrected chi connectivity index (χ2v) is 6.44. The molecule has 0 amide bonds. The minimum Gasteiger partial charge on any atom is -0.378 e. The number of hydrogen-bond acceptors (Lipinski definition) is 1. The van der Waals surface area contributed by atoms with E-state index < -0.39 is 0 Å². The number of benzene rings is 2. The number of hydrogen-bond donors (Lipinski definition) is 0. The molecule has 0 spiro atoms. The third kappa shape index (κ3) is 4.16. The highest BCUT2D eigenvalue weighted by Crippen LogP contribution is 2.25. The van der Waals surface area contributed by atoms with Gasteiger partial charge in [-0.3, -0.25) is 0 Å². The molecular weight excluding hydrogens is 304 g/mol. The summed E-state index contributed by atoms with van der Waals surface area (Å²) in [4.78, 5) is 2.12. The zero-order valence-corrected chi connectivity index (χ0v) is 15.2. The predicted octanol–water partition coefficient (Wildman–Crippen LogP) is 4.74. The van der Waals surface area contributed by atoms with Gasteiger partial charge in [-0.1, -0.05) is 42.5 Å². The third-order valence-electron chi connectivity index (χ3n) is 4.29. The molecule has 0 saturated heterocycles. The van der Waals surface area contributed by atoms with E-state index in [1.165, 1.54) is 28.1 Å². The van der Waals surface area contributed by atoms with Gasteiger partial charge in [0.05, 0.1) is 0 Å². The summed E-state index contributed by atoms with van der Waals surface area (Å²) in [5, 5.41) is 0. The highest BCUT2D eigenvalue weighted by atomic mass is 15.1. The van der Waals surface area contributed by atoms with Crippen LogP contribution >= 0.6 is 0 Å². The first-order valence-electron chi connectivity index (χ1n) is 8.63. The van der Waals surface area contributed by atoms with Crippen LogP contribution in [0.15, 0.2) is 84.5 Å². The first-order valence-corrected chi connectivity index (χ1v) is 8.63. The van der Waals surface area contributed by atoms with Gasteiger partial charge in [-0.25, -0.2) is 0 Å². The summed E-state index contributed by atoms with van der Waals surface area (Å²) in [6.45, 7) is 0. The largest absolute Gasteiger partial charge is 0.378 e. The smallest absolute Gasteiger partial charge is 0.219 e. The molecule has 0 aliphatic heterocycles. The van der Waals surface area contributed by atoms with Crippen LogP contribution in [0, 0.1) is 0 Å². The van der Waals surface area contributed by atoms with Crippen molar-refractivity contribution in [3.8, 4) is 0 Å². The Labute approximate surface area is 150 Å². The van der Waals surface area contributed by atoms with Gasteiger partial charge < -0.3 is 4.90 Å². The van der Waals surface area contributed by atoms with Gasteiger partial charge in [0.1, 0.15) is 7.05 Å². The Bertz CT molecular complexity index is 821. The molecule has 0 saturated carbocycles. The molecule has 1 aliphatic carbocycles. The zero-order valence-electron chi connectivity index (χ0n) is 15.2. The van der Waals surface area contributed by atoms with Crippen molar-refractivity contribution in [3.63, 3.8) is 0 Å². The number of allylic oxidation sites excluding steroid dienone is 5. The maximum atomic E-state index is 2.22. The molecule has 2 aromatic rings. The molecule has 2 heteroatoms. The molecule has 0 unspecified atom stereocenters.